The molecule has 1 N–H and O–H groups in total. The van der Waals surface area contributed by atoms with Crippen LogP contribution in [-0.4, -0.2) is 26.8 Å². The Morgan fingerprint density at radius 3 is 2.46 bits per heavy atom. The van der Waals surface area contributed by atoms with Crippen molar-refractivity contribution in [1.29, 1.82) is 0 Å². The molecular formula is C20H22F4N2O2. The van der Waals surface area contributed by atoms with Crippen LogP contribution in [0.15, 0.2) is 29.3 Å². The molecule has 28 heavy (non-hydrogen) atoms. The zero-order valence-electron chi connectivity index (χ0n) is 15.3. The summed E-state index contributed by atoms with van der Waals surface area (Å²) in [6, 6.07) is 2.72. The third kappa shape index (κ3) is 3.73. The van der Waals surface area contributed by atoms with E-state index in [4.69, 9.17) is 0 Å². The summed E-state index contributed by atoms with van der Waals surface area (Å²) in [5.74, 6) is -6.42. The molecule has 0 bridgehead atoms. The second-order valence-corrected chi connectivity index (χ2v) is 8.23. The van der Waals surface area contributed by atoms with E-state index >= 15 is 0 Å². The van der Waals surface area contributed by atoms with Crippen molar-refractivity contribution in [3.63, 3.8) is 0 Å². The van der Waals surface area contributed by atoms with Gasteiger partial charge in [0.25, 0.3) is 0 Å². The van der Waals surface area contributed by atoms with Gasteiger partial charge in [0, 0.05) is 49.6 Å². The molecule has 4 nitrogen and oxygen atoms in total. The van der Waals surface area contributed by atoms with Gasteiger partial charge in [0.15, 0.2) is 5.43 Å². The quantitative estimate of drug-likeness (QED) is 0.577. The van der Waals surface area contributed by atoms with Crippen LogP contribution < -0.4 is 5.43 Å². The van der Waals surface area contributed by atoms with Crippen molar-refractivity contribution in [1.82, 2.24) is 9.71 Å². The largest absolute Gasteiger partial charge is 0.429 e. The first-order valence-corrected chi connectivity index (χ1v) is 9.61. The molecule has 0 amide bonds. The van der Waals surface area contributed by atoms with Gasteiger partial charge in [-0.15, -0.1) is 0 Å². The molecule has 0 unspecified atom stereocenters. The van der Waals surface area contributed by atoms with Crippen molar-refractivity contribution < 1.29 is 22.8 Å². The van der Waals surface area contributed by atoms with Crippen LogP contribution >= 0.6 is 0 Å². The Hall–Kier alpha value is -2.12. The number of rotatable bonds is 2. The van der Waals surface area contributed by atoms with E-state index in [2.05, 4.69) is 4.98 Å². The van der Waals surface area contributed by atoms with E-state index in [0.29, 0.717) is 24.2 Å². The Balaban J connectivity index is 1.70. The van der Waals surface area contributed by atoms with Gasteiger partial charge in [-0.2, -0.15) is 0 Å². The Morgan fingerprint density at radius 1 is 1.07 bits per heavy atom. The molecule has 2 saturated carbocycles. The summed E-state index contributed by atoms with van der Waals surface area (Å²) < 4.78 is 56.3. The SMILES string of the molecule is O=c1cc([C@@H]2CC(F)(F)CC[C@H]2C2CCC(F)(F)CC2)nc2ccn(O)cc1-2. The van der Waals surface area contributed by atoms with Crippen molar-refractivity contribution in [3.8, 4) is 11.3 Å². The van der Waals surface area contributed by atoms with E-state index < -0.39 is 29.6 Å². The van der Waals surface area contributed by atoms with Gasteiger partial charge in [0.2, 0.25) is 11.8 Å². The maximum atomic E-state index is 14.2. The fraction of sp³-hybridized carbons (Fsp3) is 0.600. The topological polar surface area (TPSA) is 55.1 Å². The number of halogens is 4. The van der Waals surface area contributed by atoms with Crippen LogP contribution in [0, 0.1) is 11.8 Å². The first-order valence-electron chi connectivity index (χ1n) is 9.61. The third-order valence-electron chi connectivity index (χ3n) is 6.34. The van der Waals surface area contributed by atoms with E-state index in [9.17, 15) is 27.6 Å². The molecule has 0 aromatic rings. The molecule has 2 heterocycles. The van der Waals surface area contributed by atoms with Crippen molar-refractivity contribution in [2.24, 2.45) is 11.8 Å². The number of fused-ring (bicyclic) bond motifs is 1. The van der Waals surface area contributed by atoms with Crippen LogP contribution in [0.3, 0.4) is 0 Å². The first-order chi connectivity index (χ1) is 13.1. The highest BCUT2D eigenvalue weighted by atomic mass is 19.3. The summed E-state index contributed by atoms with van der Waals surface area (Å²) in [6.45, 7) is 0. The molecule has 2 fully saturated rings. The average molecular weight is 398 g/mol. The fourth-order valence-corrected chi connectivity index (χ4v) is 4.87. The van der Waals surface area contributed by atoms with Gasteiger partial charge in [-0.1, -0.05) is 0 Å². The molecule has 2 aliphatic carbocycles. The van der Waals surface area contributed by atoms with Crippen molar-refractivity contribution >= 4 is 0 Å². The minimum absolute atomic E-state index is 0.0660. The number of pyridine rings is 2. The molecule has 2 aliphatic heterocycles. The molecule has 0 radical (unpaired) electrons. The lowest BCUT2D eigenvalue weighted by Gasteiger charge is -2.42. The van der Waals surface area contributed by atoms with Crippen LogP contribution in [0.4, 0.5) is 17.6 Å². The molecule has 4 rings (SSSR count). The van der Waals surface area contributed by atoms with Crippen molar-refractivity contribution in [2.45, 2.75) is 62.7 Å². The fourth-order valence-electron chi connectivity index (χ4n) is 4.87. The number of hydrogen-bond acceptors (Lipinski definition) is 3. The monoisotopic (exact) mass is 398 g/mol. The Bertz CT molecular complexity index is 888. The van der Waals surface area contributed by atoms with Gasteiger partial charge < -0.3 is 5.21 Å². The normalized spacial score (nSPS) is 27.7. The molecule has 0 saturated heterocycles. The molecule has 152 valence electrons. The number of aromatic nitrogens is 2. The highest BCUT2D eigenvalue weighted by molar-refractivity contribution is 5.59. The van der Waals surface area contributed by atoms with E-state index in [0.717, 1.165) is 4.73 Å². The Kier molecular flexibility index (Phi) is 4.62. The minimum atomic E-state index is -2.86. The van der Waals surface area contributed by atoms with Gasteiger partial charge in [0.1, 0.15) is 0 Å². The molecule has 0 spiro atoms. The summed E-state index contributed by atoms with van der Waals surface area (Å²) in [5.41, 5.74) is 0.432. The highest BCUT2D eigenvalue weighted by Crippen LogP contribution is 2.51. The number of hydrogen-bond donors (Lipinski definition) is 1. The first kappa shape index (κ1) is 19.2. The zero-order valence-corrected chi connectivity index (χ0v) is 15.3. The average Bonchev–Trinajstić information content (AvgIpc) is 2.62. The van der Waals surface area contributed by atoms with Gasteiger partial charge >= 0.3 is 0 Å². The lowest BCUT2D eigenvalue weighted by Crippen LogP contribution is -2.38. The van der Waals surface area contributed by atoms with Crippen LogP contribution in [0.2, 0.25) is 0 Å². The maximum absolute atomic E-state index is 14.2. The van der Waals surface area contributed by atoms with Gasteiger partial charge in [-0.3, -0.25) is 9.78 Å². The molecule has 2 atom stereocenters. The summed E-state index contributed by atoms with van der Waals surface area (Å²) in [4.78, 5) is 16.9. The molecule has 0 aromatic heterocycles. The van der Waals surface area contributed by atoms with Crippen molar-refractivity contribution in [2.75, 3.05) is 0 Å². The summed E-state index contributed by atoms with van der Waals surface area (Å²) >= 11 is 0. The smallest absolute Gasteiger partial charge is 0.248 e. The van der Waals surface area contributed by atoms with Crippen LogP contribution in [0.25, 0.3) is 11.3 Å². The van der Waals surface area contributed by atoms with Gasteiger partial charge in [-0.25, -0.2) is 22.3 Å². The predicted octanol–water partition coefficient (Wildman–Crippen LogP) is 4.93. The predicted molar refractivity (Wildman–Crippen MR) is 94.2 cm³/mol. The van der Waals surface area contributed by atoms with Crippen LogP contribution in [-0.2, 0) is 0 Å². The number of alkyl halides is 4. The maximum Gasteiger partial charge on any atom is 0.248 e. The van der Waals surface area contributed by atoms with Crippen LogP contribution in [0.1, 0.15) is 56.6 Å². The van der Waals surface area contributed by atoms with Gasteiger partial charge in [0.05, 0.1) is 17.5 Å². The summed E-state index contributed by atoms with van der Waals surface area (Å²) in [5, 5.41) is 9.49. The minimum Gasteiger partial charge on any atom is -0.429 e. The van der Waals surface area contributed by atoms with E-state index in [-0.39, 0.29) is 43.1 Å². The standard InChI is InChI=1S/C20H22F4N2O2/c21-19(22)5-1-12(2-6-19)13-3-7-20(23,24)10-14(13)17-9-18(27)15-11-26(28)8-4-16(15)25-17/h4,8-9,11-14,28H,1-3,5-7,10H2/t13-,14+/m0/s1. The van der Waals surface area contributed by atoms with E-state index in [1.54, 1.807) is 0 Å². The summed E-state index contributed by atoms with van der Waals surface area (Å²) in [7, 11) is 0. The lowest BCUT2D eigenvalue weighted by atomic mass is 9.65. The second-order valence-electron chi connectivity index (χ2n) is 8.23. The second kappa shape index (κ2) is 6.74. The summed E-state index contributed by atoms with van der Waals surface area (Å²) in [6.07, 6.45) is 2.28. The number of nitrogens with zero attached hydrogens (tertiary/aromatic N) is 2. The van der Waals surface area contributed by atoms with Crippen LogP contribution in [0.5, 0.6) is 0 Å². The molecule has 8 heteroatoms. The molecular weight excluding hydrogens is 376 g/mol. The Labute approximate surface area is 159 Å². The Morgan fingerprint density at radius 2 is 1.75 bits per heavy atom. The molecule has 0 aromatic carbocycles. The third-order valence-corrected chi connectivity index (χ3v) is 6.34. The molecule has 4 aliphatic rings. The highest BCUT2D eigenvalue weighted by Gasteiger charge is 2.47. The van der Waals surface area contributed by atoms with Gasteiger partial charge in [-0.05, 0) is 37.2 Å². The van der Waals surface area contributed by atoms with E-state index in [1.807, 2.05) is 0 Å². The van der Waals surface area contributed by atoms with Crippen molar-refractivity contribution in [3.05, 3.63) is 40.4 Å². The lowest BCUT2D eigenvalue weighted by molar-refractivity contribution is -0.0840. The van der Waals surface area contributed by atoms with E-state index in [1.165, 1.54) is 24.5 Å². The zero-order chi connectivity index (χ0) is 20.1.